The summed E-state index contributed by atoms with van der Waals surface area (Å²) >= 11 is 0. The van der Waals surface area contributed by atoms with E-state index in [1.54, 1.807) is 0 Å². The summed E-state index contributed by atoms with van der Waals surface area (Å²) in [7, 11) is -3.16. The van der Waals surface area contributed by atoms with Crippen LogP contribution in [0.5, 0.6) is 0 Å². The molecule has 0 saturated carbocycles. The van der Waals surface area contributed by atoms with Gasteiger partial charge >= 0.3 is 0 Å². The van der Waals surface area contributed by atoms with Crippen molar-refractivity contribution in [3.05, 3.63) is 0 Å². The zero-order valence-corrected chi connectivity index (χ0v) is 15.0. The molecule has 0 unspecified atom stereocenters. The molecular formula is C16H32O2S. The molecule has 0 radical (unpaired) electrons. The van der Waals surface area contributed by atoms with Crippen LogP contribution in [0.15, 0.2) is 0 Å². The fourth-order valence-electron chi connectivity index (χ4n) is 4.50. The number of hydrogen-bond donors (Lipinski definition) is 0. The van der Waals surface area contributed by atoms with Gasteiger partial charge in [0, 0.05) is 0 Å². The summed E-state index contributed by atoms with van der Waals surface area (Å²) in [6.45, 7) is 18.7. The van der Waals surface area contributed by atoms with E-state index >= 15 is 0 Å². The van der Waals surface area contributed by atoms with Gasteiger partial charge in [0.15, 0.2) is 9.84 Å². The Balaban J connectivity index is 3.49. The van der Waals surface area contributed by atoms with Crippen LogP contribution >= 0.6 is 0 Å². The van der Waals surface area contributed by atoms with Crippen molar-refractivity contribution in [1.82, 2.24) is 0 Å². The lowest BCUT2D eigenvalue weighted by Crippen LogP contribution is -2.54. The molecule has 1 saturated heterocycles. The maximum atomic E-state index is 13.0. The molecule has 1 aliphatic heterocycles. The van der Waals surface area contributed by atoms with Gasteiger partial charge in [-0.25, -0.2) is 8.42 Å². The number of sulfone groups is 1. The lowest BCUT2D eigenvalue weighted by Gasteiger charge is -2.52. The fraction of sp³-hybridized carbons (Fsp3) is 1.00. The SMILES string of the molecule is CC1C(C)(C)CC(C)(C)S(=O)(=O)C(C)(C)CC1(C)C. The van der Waals surface area contributed by atoms with E-state index in [0.717, 1.165) is 12.8 Å². The van der Waals surface area contributed by atoms with Gasteiger partial charge in [0.05, 0.1) is 9.49 Å². The first kappa shape index (κ1) is 17.0. The minimum absolute atomic E-state index is 0.0244. The topological polar surface area (TPSA) is 34.1 Å². The second-order valence-electron chi connectivity index (χ2n) is 9.08. The first-order valence-corrected chi connectivity index (χ1v) is 8.79. The van der Waals surface area contributed by atoms with E-state index in [1.807, 2.05) is 27.7 Å². The third kappa shape index (κ3) is 2.59. The zero-order valence-electron chi connectivity index (χ0n) is 14.2. The van der Waals surface area contributed by atoms with Crippen molar-refractivity contribution in [3.63, 3.8) is 0 Å². The third-order valence-electron chi connectivity index (χ3n) is 5.56. The number of rotatable bonds is 0. The predicted molar refractivity (Wildman–Crippen MR) is 83.0 cm³/mol. The van der Waals surface area contributed by atoms with Crippen molar-refractivity contribution >= 4 is 9.84 Å². The van der Waals surface area contributed by atoms with Gasteiger partial charge in [-0.1, -0.05) is 34.6 Å². The Bertz CT molecular complexity index is 417. The molecule has 0 aliphatic carbocycles. The highest BCUT2D eigenvalue weighted by Gasteiger charge is 2.55. The van der Waals surface area contributed by atoms with Crippen LogP contribution in [-0.4, -0.2) is 17.9 Å². The Hall–Kier alpha value is -0.0500. The maximum Gasteiger partial charge on any atom is 0.160 e. The first-order chi connectivity index (χ1) is 8.07. The number of hydrogen-bond acceptors (Lipinski definition) is 2. The molecule has 1 rings (SSSR count). The van der Waals surface area contributed by atoms with Crippen LogP contribution in [0.4, 0.5) is 0 Å². The summed E-state index contributed by atoms with van der Waals surface area (Å²) in [5.74, 6) is 0.481. The van der Waals surface area contributed by atoms with Crippen molar-refractivity contribution < 1.29 is 8.42 Å². The molecule has 2 nitrogen and oxygen atoms in total. The summed E-state index contributed by atoms with van der Waals surface area (Å²) in [4.78, 5) is 0. The first-order valence-electron chi connectivity index (χ1n) is 7.31. The summed E-state index contributed by atoms with van der Waals surface area (Å²) < 4.78 is 24.7. The highest BCUT2D eigenvalue weighted by molar-refractivity contribution is 7.94. The van der Waals surface area contributed by atoms with Crippen LogP contribution in [0.3, 0.4) is 0 Å². The summed E-state index contributed by atoms with van der Waals surface area (Å²) in [6.07, 6.45) is 1.44. The van der Waals surface area contributed by atoms with E-state index in [9.17, 15) is 8.42 Å². The molecule has 0 aromatic carbocycles. The van der Waals surface area contributed by atoms with Crippen LogP contribution < -0.4 is 0 Å². The largest absolute Gasteiger partial charge is 0.228 e. The van der Waals surface area contributed by atoms with Gasteiger partial charge in [-0.15, -0.1) is 0 Å². The molecule has 0 atom stereocenters. The highest BCUT2D eigenvalue weighted by Crippen LogP contribution is 2.54. The van der Waals surface area contributed by atoms with Gasteiger partial charge in [0.25, 0.3) is 0 Å². The second-order valence-corrected chi connectivity index (χ2v) is 12.3. The average Bonchev–Trinajstić information content (AvgIpc) is 2.11. The van der Waals surface area contributed by atoms with E-state index in [2.05, 4.69) is 34.6 Å². The summed E-state index contributed by atoms with van der Waals surface area (Å²) in [5.41, 5.74) is 0.0488. The van der Waals surface area contributed by atoms with Crippen molar-refractivity contribution in [2.24, 2.45) is 16.7 Å². The molecule has 1 aliphatic rings. The third-order valence-corrected chi connectivity index (χ3v) is 8.76. The Morgan fingerprint density at radius 3 is 1.26 bits per heavy atom. The van der Waals surface area contributed by atoms with Gasteiger partial charge in [-0.3, -0.25) is 0 Å². The van der Waals surface area contributed by atoms with Crippen molar-refractivity contribution in [2.45, 2.75) is 84.6 Å². The Morgan fingerprint density at radius 2 is 1.00 bits per heavy atom. The minimum Gasteiger partial charge on any atom is -0.228 e. The normalized spacial score (nSPS) is 32.3. The fourth-order valence-corrected chi connectivity index (χ4v) is 7.12. The van der Waals surface area contributed by atoms with Crippen LogP contribution in [0.1, 0.15) is 75.2 Å². The Labute approximate surface area is 120 Å². The van der Waals surface area contributed by atoms with E-state index in [4.69, 9.17) is 0 Å². The average molecular weight is 288 g/mol. The van der Waals surface area contributed by atoms with Crippen LogP contribution in [0.25, 0.3) is 0 Å². The molecule has 0 aromatic heterocycles. The standard InChI is InChI=1S/C16H32O2S/c1-12-13(2,3)10-15(6,7)19(17,18)16(8,9)11-14(12,4)5/h12H,10-11H2,1-9H3. The molecule has 3 heteroatoms. The molecular weight excluding hydrogens is 256 g/mol. The molecule has 1 heterocycles. The van der Waals surface area contributed by atoms with Gasteiger partial charge in [-0.05, 0) is 57.3 Å². The van der Waals surface area contributed by atoms with E-state index in [1.165, 1.54) is 0 Å². The summed E-state index contributed by atoms with van der Waals surface area (Å²) in [5, 5.41) is 0. The van der Waals surface area contributed by atoms with E-state index < -0.39 is 19.3 Å². The van der Waals surface area contributed by atoms with Crippen molar-refractivity contribution in [2.75, 3.05) is 0 Å². The molecule has 0 amide bonds. The molecule has 0 aromatic rings. The smallest absolute Gasteiger partial charge is 0.160 e. The molecule has 19 heavy (non-hydrogen) atoms. The van der Waals surface area contributed by atoms with Gasteiger partial charge < -0.3 is 0 Å². The lowest BCUT2D eigenvalue weighted by molar-refractivity contribution is 0.0514. The minimum atomic E-state index is -3.16. The molecule has 114 valence electrons. The van der Waals surface area contributed by atoms with Crippen molar-refractivity contribution in [3.8, 4) is 0 Å². The predicted octanol–water partition coefficient (Wildman–Crippen LogP) is 4.44. The van der Waals surface area contributed by atoms with Crippen LogP contribution in [0, 0.1) is 16.7 Å². The van der Waals surface area contributed by atoms with E-state index in [0.29, 0.717) is 5.92 Å². The Morgan fingerprint density at radius 1 is 0.737 bits per heavy atom. The summed E-state index contributed by atoms with van der Waals surface area (Å²) in [6, 6.07) is 0. The molecule has 0 bridgehead atoms. The molecule has 0 N–H and O–H groups in total. The lowest BCUT2D eigenvalue weighted by atomic mass is 9.60. The van der Waals surface area contributed by atoms with Gasteiger partial charge in [-0.2, -0.15) is 0 Å². The molecule has 1 fully saturated rings. The zero-order chi connectivity index (χ0) is 15.5. The molecule has 0 spiro atoms. The van der Waals surface area contributed by atoms with Crippen LogP contribution in [0.2, 0.25) is 0 Å². The van der Waals surface area contributed by atoms with Crippen molar-refractivity contribution in [1.29, 1.82) is 0 Å². The van der Waals surface area contributed by atoms with E-state index in [-0.39, 0.29) is 10.8 Å². The van der Waals surface area contributed by atoms with Crippen LogP contribution in [-0.2, 0) is 9.84 Å². The Kier molecular flexibility index (Phi) is 3.78. The second kappa shape index (κ2) is 4.22. The van der Waals surface area contributed by atoms with Gasteiger partial charge in [0.2, 0.25) is 0 Å². The maximum absolute atomic E-state index is 13.0. The highest BCUT2D eigenvalue weighted by atomic mass is 32.2. The monoisotopic (exact) mass is 288 g/mol. The quantitative estimate of drug-likeness (QED) is 0.660. The van der Waals surface area contributed by atoms with Gasteiger partial charge in [0.1, 0.15) is 0 Å².